The van der Waals surface area contributed by atoms with E-state index in [4.69, 9.17) is 9.47 Å². The highest BCUT2D eigenvalue weighted by Gasteiger charge is 2.52. The summed E-state index contributed by atoms with van der Waals surface area (Å²) in [5.41, 5.74) is -1.17. The maximum Gasteiger partial charge on any atom is 0.311 e. The predicted molar refractivity (Wildman–Crippen MR) is 61.2 cm³/mol. The summed E-state index contributed by atoms with van der Waals surface area (Å²) in [5.74, 6) is -0.353. The lowest BCUT2D eigenvalue weighted by atomic mass is 9.79. The Bertz CT molecular complexity index is 355. The first-order valence-corrected chi connectivity index (χ1v) is 6.16. The van der Waals surface area contributed by atoms with Crippen LogP contribution in [0.1, 0.15) is 47.0 Å². The first-order valence-electron chi connectivity index (χ1n) is 6.16. The molecule has 0 N–H and O–H groups in total. The summed E-state index contributed by atoms with van der Waals surface area (Å²) in [6.07, 6.45) is 1.88. The van der Waals surface area contributed by atoms with Crippen molar-refractivity contribution in [1.29, 1.82) is 0 Å². The lowest BCUT2D eigenvalue weighted by Crippen LogP contribution is -2.47. The van der Waals surface area contributed by atoms with Gasteiger partial charge >= 0.3 is 11.9 Å². The van der Waals surface area contributed by atoms with E-state index in [1.807, 2.05) is 27.7 Å². The Kier molecular flexibility index (Phi) is 2.71. The minimum absolute atomic E-state index is 0.0152. The van der Waals surface area contributed by atoms with Crippen LogP contribution in [-0.2, 0) is 19.1 Å². The Morgan fingerprint density at radius 2 is 2.12 bits per heavy atom. The van der Waals surface area contributed by atoms with E-state index in [1.165, 1.54) is 0 Å². The predicted octanol–water partition coefficient (Wildman–Crippen LogP) is 2.06. The maximum atomic E-state index is 11.9. The first-order chi connectivity index (χ1) is 7.72. The average molecular weight is 240 g/mol. The van der Waals surface area contributed by atoms with Gasteiger partial charge in [0, 0.05) is 6.42 Å². The largest absolute Gasteiger partial charge is 0.458 e. The Morgan fingerprint density at radius 3 is 2.71 bits per heavy atom. The highest BCUT2D eigenvalue weighted by Crippen LogP contribution is 2.43. The second kappa shape index (κ2) is 3.72. The molecular weight excluding hydrogens is 220 g/mol. The standard InChI is InChI=1S/C13H20O4/c1-12(2,3)11(15)17-13(4)6-5-8-7-9(13)16-10(8)14/h8-9H,5-7H2,1-4H3. The molecule has 4 heteroatoms. The van der Waals surface area contributed by atoms with Gasteiger partial charge in [0.05, 0.1) is 11.3 Å². The molecule has 0 amide bonds. The summed E-state index contributed by atoms with van der Waals surface area (Å²) in [6, 6.07) is 0. The summed E-state index contributed by atoms with van der Waals surface area (Å²) in [4.78, 5) is 23.4. The van der Waals surface area contributed by atoms with Crippen LogP contribution in [-0.4, -0.2) is 23.6 Å². The van der Waals surface area contributed by atoms with Gasteiger partial charge in [-0.25, -0.2) is 0 Å². The molecule has 2 bridgehead atoms. The van der Waals surface area contributed by atoms with Crippen molar-refractivity contribution in [2.24, 2.45) is 11.3 Å². The molecule has 4 nitrogen and oxygen atoms in total. The molecule has 17 heavy (non-hydrogen) atoms. The van der Waals surface area contributed by atoms with Gasteiger partial charge in [-0.05, 0) is 40.5 Å². The summed E-state index contributed by atoms with van der Waals surface area (Å²) < 4.78 is 10.9. The van der Waals surface area contributed by atoms with E-state index >= 15 is 0 Å². The highest BCUT2D eigenvalue weighted by atomic mass is 16.6. The van der Waals surface area contributed by atoms with Crippen molar-refractivity contribution in [3.63, 3.8) is 0 Å². The molecule has 0 spiro atoms. The van der Waals surface area contributed by atoms with Crippen LogP contribution in [0, 0.1) is 11.3 Å². The van der Waals surface area contributed by atoms with Crippen molar-refractivity contribution in [1.82, 2.24) is 0 Å². The molecule has 0 aromatic carbocycles. The molecule has 2 aliphatic rings. The van der Waals surface area contributed by atoms with E-state index in [0.29, 0.717) is 12.8 Å². The van der Waals surface area contributed by atoms with E-state index in [0.717, 1.165) is 6.42 Å². The molecule has 3 unspecified atom stereocenters. The summed E-state index contributed by atoms with van der Waals surface area (Å²) in [6.45, 7) is 7.34. The van der Waals surface area contributed by atoms with Crippen LogP contribution in [0.25, 0.3) is 0 Å². The van der Waals surface area contributed by atoms with E-state index < -0.39 is 11.0 Å². The van der Waals surface area contributed by atoms with Crippen LogP contribution in [0.4, 0.5) is 0 Å². The van der Waals surface area contributed by atoms with Crippen LogP contribution in [0.5, 0.6) is 0 Å². The van der Waals surface area contributed by atoms with Crippen molar-refractivity contribution < 1.29 is 19.1 Å². The van der Waals surface area contributed by atoms with Crippen LogP contribution < -0.4 is 0 Å². The van der Waals surface area contributed by atoms with E-state index in [1.54, 1.807) is 0 Å². The number of rotatable bonds is 1. The molecule has 3 atom stereocenters. The van der Waals surface area contributed by atoms with Gasteiger partial charge in [0.2, 0.25) is 0 Å². The Balaban J connectivity index is 2.10. The molecule has 96 valence electrons. The minimum Gasteiger partial charge on any atom is -0.458 e. The molecule has 1 aliphatic heterocycles. The fourth-order valence-electron chi connectivity index (χ4n) is 2.35. The number of ether oxygens (including phenoxy) is 2. The van der Waals surface area contributed by atoms with Crippen molar-refractivity contribution in [3.05, 3.63) is 0 Å². The van der Waals surface area contributed by atoms with Crippen molar-refractivity contribution >= 4 is 11.9 Å². The summed E-state index contributed by atoms with van der Waals surface area (Å²) >= 11 is 0. The van der Waals surface area contributed by atoms with E-state index in [9.17, 15) is 9.59 Å². The average Bonchev–Trinajstić information content (AvgIpc) is 2.51. The normalized spacial score (nSPS) is 36.6. The van der Waals surface area contributed by atoms with Crippen LogP contribution >= 0.6 is 0 Å². The van der Waals surface area contributed by atoms with Crippen molar-refractivity contribution in [3.8, 4) is 0 Å². The van der Waals surface area contributed by atoms with Crippen LogP contribution in [0.2, 0.25) is 0 Å². The molecule has 1 saturated heterocycles. The molecule has 1 aliphatic carbocycles. The molecular formula is C13H20O4. The third-order valence-corrected chi connectivity index (χ3v) is 3.70. The molecule has 1 heterocycles. The smallest absolute Gasteiger partial charge is 0.311 e. The van der Waals surface area contributed by atoms with Crippen molar-refractivity contribution in [2.45, 2.75) is 58.7 Å². The Hall–Kier alpha value is -1.06. The van der Waals surface area contributed by atoms with Gasteiger partial charge in [0.25, 0.3) is 0 Å². The lowest BCUT2D eigenvalue weighted by Gasteiger charge is -2.37. The van der Waals surface area contributed by atoms with Gasteiger partial charge in [-0.3, -0.25) is 9.59 Å². The highest BCUT2D eigenvalue weighted by molar-refractivity contribution is 5.77. The van der Waals surface area contributed by atoms with Gasteiger partial charge in [0.15, 0.2) is 0 Å². The quantitative estimate of drug-likeness (QED) is 0.658. The topological polar surface area (TPSA) is 52.6 Å². The SMILES string of the molecule is CC(C)(C)C(=O)OC1(C)CCC2CC1OC2=O. The van der Waals surface area contributed by atoms with Crippen molar-refractivity contribution in [2.75, 3.05) is 0 Å². The van der Waals surface area contributed by atoms with E-state index in [-0.39, 0.29) is 24.0 Å². The number of fused-ring (bicyclic) bond motifs is 2. The minimum atomic E-state index is -0.646. The molecule has 2 fully saturated rings. The Morgan fingerprint density at radius 1 is 1.47 bits per heavy atom. The molecule has 1 saturated carbocycles. The molecule has 2 rings (SSSR count). The number of hydrogen-bond donors (Lipinski definition) is 0. The summed E-state index contributed by atoms with van der Waals surface area (Å²) in [7, 11) is 0. The molecule has 0 aromatic heterocycles. The number of carbonyl (C=O) groups is 2. The van der Waals surface area contributed by atoms with Crippen LogP contribution in [0.3, 0.4) is 0 Å². The molecule has 0 aromatic rings. The fraction of sp³-hybridized carbons (Fsp3) is 0.846. The zero-order chi connectivity index (χ0) is 12.8. The fourth-order valence-corrected chi connectivity index (χ4v) is 2.35. The Labute approximate surface area is 102 Å². The van der Waals surface area contributed by atoms with Gasteiger partial charge in [-0.1, -0.05) is 0 Å². The first kappa shape index (κ1) is 12.4. The number of esters is 2. The van der Waals surface area contributed by atoms with Gasteiger partial charge in [0.1, 0.15) is 11.7 Å². The zero-order valence-corrected chi connectivity index (χ0v) is 10.9. The van der Waals surface area contributed by atoms with E-state index in [2.05, 4.69) is 0 Å². The third kappa shape index (κ3) is 2.17. The second-order valence-electron chi connectivity index (χ2n) is 6.35. The van der Waals surface area contributed by atoms with Gasteiger partial charge in [-0.2, -0.15) is 0 Å². The number of carbonyl (C=O) groups excluding carboxylic acids is 2. The summed E-state index contributed by atoms with van der Waals surface area (Å²) in [5, 5.41) is 0. The second-order valence-corrected chi connectivity index (χ2v) is 6.35. The van der Waals surface area contributed by atoms with Gasteiger partial charge < -0.3 is 9.47 Å². The van der Waals surface area contributed by atoms with Gasteiger partial charge in [-0.15, -0.1) is 0 Å². The third-order valence-electron chi connectivity index (χ3n) is 3.70. The monoisotopic (exact) mass is 240 g/mol. The van der Waals surface area contributed by atoms with Crippen LogP contribution in [0.15, 0.2) is 0 Å². The lowest BCUT2D eigenvalue weighted by molar-refractivity contribution is -0.185. The zero-order valence-electron chi connectivity index (χ0n) is 10.9. The maximum absolute atomic E-state index is 11.9. The molecule has 0 radical (unpaired) electrons. The number of hydrogen-bond acceptors (Lipinski definition) is 4.